The molecular formula is C25H38O6Si. The van der Waals surface area contributed by atoms with Crippen molar-refractivity contribution >= 4 is 26.5 Å². The predicted molar refractivity (Wildman–Crippen MR) is 122 cm³/mol. The van der Waals surface area contributed by atoms with Gasteiger partial charge in [-0.2, -0.15) is 0 Å². The van der Waals surface area contributed by atoms with Crippen LogP contribution in [0.2, 0.25) is 19.6 Å². The van der Waals surface area contributed by atoms with Crippen molar-refractivity contribution < 1.29 is 28.3 Å². The first kappa shape index (κ1) is 23.7. The van der Waals surface area contributed by atoms with Gasteiger partial charge in [0.05, 0.1) is 31.7 Å². The second-order valence-electron chi connectivity index (χ2n) is 11.8. The number of fused-ring (bicyclic) bond motifs is 3. The minimum absolute atomic E-state index is 0.0360. The van der Waals surface area contributed by atoms with Gasteiger partial charge in [-0.1, -0.05) is 12.2 Å². The maximum absolute atomic E-state index is 13.5. The number of allylic oxidation sites excluding steroid dienone is 1. The molecular weight excluding hydrogens is 424 g/mol. The number of ether oxygens (including phenoxy) is 2. The van der Waals surface area contributed by atoms with Crippen LogP contribution in [0.5, 0.6) is 0 Å². The Kier molecular flexibility index (Phi) is 5.56. The summed E-state index contributed by atoms with van der Waals surface area (Å²) in [4.78, 5) is 40.1. The highest BCUT2D eigenvalue weighted by Crippen LogP contribution is 2.77. The van der Waals surface area contributed by atoms with Crippen LogP contribution in [0.15, 0.2) is 12.2 Å². The molecule has 0 N–H and O–H groups in total. The van der Waals surface area contributed by atoms with Gasteiger partial charge in [0, 0.05) is 11.3 Å². The highest BCUT2D eigenvalue weighted by molar-refractivity contribution is 6.69. The summed E-state index contributed by atoms with van der Waals surface area (Å²) in [7, 11) is 0.774. The number of carbonyl (C=O) groups is 3. The average molecular weight is 463 g/mol. The Bertz CT molecular complexity index is 848. The van der Waals surface area contributed by atoms with Gasteiger partial charge in [-0.3, -0.25) is 9.59 Å². The Morgan fingerprint density at radius 3 is 2.38 bits per heavy atom. The van der Waals surface area contributed by atoms with E-state index >= 15 is 0 Å². The molecule has 32 heavy (non-hydrogen) atoms. The Morgan fingerprint density at radius 1 is 1.12 bits per heavy atom. The van der Waals surface area contributed by atoms with Crippen molar-refractivity contribution in [1.82, 2.24) is 0 Å². The van der Waals surface area contributed by atoms with Crippen molar-refractivity contribution in [2.45, 2.75) is 71.2 Å². The minimum atomic E-state index is -2.02. The van der Waals surface area contributed by atoms with E-state index in [1.165, 1.54) is 19.8 Å². The summed E-state index contributed by atoms with van der Waals surface area (Å²) in [5, 5.41) is 0. The highest BCUT2D eigenvalue weighted by Gasteiger charge is 2.78. The second-order valence-corrected chi connectivity index (χ2v) is 16.3. The summed E-state index contributed by atoms with van der Waals surface area (Å²) in [6.45, 7) is 12.5. The highest BCUT2D eigenvalue weighted by atomic mass is 28.4. The third-order valence-corrected chi connectivity index (χ3v) is 10.4. The molecule has 0 radical (unpaired) electrons. The van der Waals surface area contributed by atoms with Crippen LogP contribution in [0.3, 0.4) is 0 Å². The zero-order chi connectivity index (χ0) is 23.7. The Labute approximate surface area is 192 Å². The topological polar surface area (TPSA) is 78.9 Å². The Balaban J connectivity index is 1.96. The average Bonchev–Trinajstić information content (AvgIpc) is 3.15. The third-order valence-electron chi connectivity index (χ3n) is 9.39. The summed E-state index contributed by atoms with van der Waals surface area (Å²) in [5.74, 6) is -1.37. The molecule has 2 bridgehead atoms. The van der Waals surface area contributed by atoms with Gasteiger partial charge >= 0.3 is 11.9 Å². The summed E-state index contributed by atoms with van der Waals surface area (Å²) >= 11 is 0. The zero-order valence-corrected chi connectivity index (χ0v) is 21.4. The van der Waals surface area contributed by atoms with E-state index < -0.39 is 43.1 Å². The van der Waals surface area contributed by atoms with Crippen molar-refractivity contribution in [2.24, 2.45) is 39.9 Å². The third kappa shape index (κ3) is 2.96. The summed E-state index contributed by atoms with van der Waals surface area (Å²) in [6.07, 6.45) is 5.36. The van der Waals surface area contributed by atoms with Gasteiger partial charge in [0.25, 0.3) is 0 Å². The van der Waals surface area contributed by atoms with Crippen LogP contribution in [-0.2, 0) is 28.3 Å². The lowest BCUT2D eigenvalue weighted by Crippen LogP contribution is -2.61. The molecule has 8 atom stereocenters. The van der Waals surface area contributed by atoms with E-state index in [-0.39, 0.29) is 17.3 Å². The standard InChI is InChI=1S/C25H38O6Si/c1-15-12-25-13-16(15)8-9-17(25)24(14-26)11-10-18(31-32(5,6)7)23(2,22(28)30-4)20(24)19(25)21(27)29-3/h14,16-20H,1,8-13H2,2-7H3/t16-,17?,18+,19-,20?,23?,24-,25+/m1/s1. The van der Waals surface area contributed by atoms with E-state index in [0.717, 1.165) is 32.0 Å². The summed E-state index contributed by atoms with van der Waals surface area (Å²) < 4.78 is 17.3. The van der Waals surface area contributed by atoms with Crippen LogP contribution < -0.4 is 0 Å². The molecule has 0 aromatic carbocycles. The van der Waals surface area contributed by atoms with Crippen molar-refractivity contribution in [3.05, 3.63) is 12.2 Å². The van der Waals surface area contributed by atoms with Gasteiger partial charge in [0.1, 0.15) is 6.29 Å². The minimum Gasteiger partial charge on any atom is -0.469 e. The normalized spacial score (nSPS) is 45.1. The number of rotatable bonds is 5. The fraction of sp³-hybridized carbons (Fsp3) is 0.800. The van der Waals surface area contributed by atoms with E-state index in [2.05, 4.69) is 26.2 Å². The lowest BCUT2D eigenvalue weighted by molar-refractivity contribution is -0.184. The van der Waals surface area contributed by atoms with Crippen molar-refractivity contribution in [3.63, 3.8) is 0 Å². The van der Waals surface area contributed by atoms with Crippen molar-refractivity contribution in [2.75, 3.05) is 14.2 Å². The van der Waals surface area contributed by atoms with Crippen molar-refractivity contribution in [3.8, 4) is 0 Å². The molecule has 3 unspecified atom stereocenters. The first-order valence-electron chi connectivity index (χ1n) is 11.9. The lowest BCUT2D eigenvalue weighted by Gasteiger charge is -2.54. The molecule has 6 nitrogen and oxygen atoms in total. The molecule has 7 heteroatoms. The smallest absolute Gasteiger partial charge is 0.314 e. The largest absolute Gasteiger partial charge is 0.469 e. The second kappa shape index (κ2) is 7.52. The fourth-order valence-electron chi connectivity index (χ4n) is 8.50. The van der Waals surface area contributed by atoms with Gasteiger partial charge in [-0.05, 0) is 82.3 Å². The Morgan fingerprint density at radius 2 is 1.81 bits per heavy atom. The fourth-order valence-corrected chi connectivity index (χ4v) is 9.72. The number of hydrogen-bond acceptors (Lipinski definition) is 6. The molecule has 0 heterocycles. The number of methoxy groups -OCH3 is 2. The van der Waals surface area contributed by atoms with Gasteiger partial charge < -0.3 is 18.7 Å². The number of hydrogen-bond donors (Lipinski definition) is 0. The zero-order valence-electron chi connectivity index (χ0n) is 20.4. The van der Waals surface area contributed by atoms with Crippen molar-refractivity contribution in [1.29, 1.82) is 0 Å². The van der Waals surface area contributed by atoms with Crippen LogP contribution in [-0.4, -0.2) is 46.9 Å². The van der Waals surface area contributed by atoms with Crippen LogP contribution in [0.25, 0.3) is 0 Å². The molecule has 4 rings (SSSR count). The first-order valence-corrected chi connectivity index (χ1v) is 15.3. The van der Waals surface area contributed by atoms with E-state index in [9.17, 15) is 14.4 Å². The lowest BCUT2D eigenvalue weighted by atomic mass is 9.52. The number of esters is 2. The SMILES string of the molecule is C=C1C[C@]23C[C@H]1CCC2[C@]1(C=O)CC[C@H](O[Si](C)(C)C)C(C)(C(=O)OC)C1[C@@H]3C(=O)OC. The first-order chi connectivity index (χ1) is 14.9. The molecule has 0 aromatic heterocycles. The van der Waals surface area contributed by atoms with Crippen LogP contribution in [0.4, 0.5) is 0 Å². The predicted octanol–water partition coefficient (Wildman–Crippen LogP) is 4.15. The molecule has 4 fully saturated rings. The molecule has 0 aliphatic heterocycles. The number of carbonyl (C=O) groups excluding carboxylic acids is 3. The molecule has 0 saturated heterocycles. The van der Waals surface area contributed by atoms with E-state index in [4.69, 9.17) is 13.9 Å². The van der Waals surface area contributed by atoms with Crippen LogP contribution >= 0.6 is 0 Å². The number of aldehydes is 1. The maximum Gasteiger partial charge on any atom is 0.314 e. The van der Waals surface area contributed by atoms with Crippen LogP contribution in [0.1, 0.15) is 45.4 Å². The van der Waals surface area contributed by atoms with Crippen LogP contribution in [0, 0.1) is 39.9 Å². The summed E-state index contributed by atoms with van der Waals surface area (Å²) in [5.41, 5.74) is -1.09. The van der Waals surface area contributed by atoms with Gasteiger partial charge in [0.2, 0.25) is 0 Å². The maximum atomic E-state index is 13.5. The molecule has 4 aliphatic carbocycles. The molecule has 4 saturated carbocycles. The van der Waals surface area contributed by atoms with Gasteiger partial charge in [-0.25, -0.2) is 0 Å². The monoisotopic (exact) mass is 462 g/mol. The van der Waals surface area contributed by atoms with E-state index in [1.54, 1.807) is 0 Å². The molecule has 0 amide bonds. The van der Waals surface area contributed by atoms with Gasteiger partial charge in [0.15, 0.2) is 8.32 Å². The van der Waals surface area contributed by atoms with Gasteiger partial charge in [-0.15, -0.1) is 0 Å². The Hall–Kier alpha value is -1.47. The molecule has 178 valence electrons. The molecule has 4 aliphatic rings. The molecule has 0 aromatic rings. The quantitative estimate of drug-likeness (QED) is 0.264. The van der Waals surface area contributed by atoms with E-state index in [1.807, 2.05) is 6.92 Å². The summed E-state index contributed by atoms with van der Waals surface area (Å²) in [6, 6.07) is 0. The molecule has 1 spiro atoms. The van der Waals surface area contributed by atoms with E-state index in [0.29, 0.717) is 18.8 Å².